The third-order valence-electron chi connectivity index (χ3n) is 2.71. The molecule has 0 atom stereocenters. The number of benzene rings is 1. The van der Waals surface area contributed by atoms with Crippen LogP contribution in [0.4, 0.5) is 6.01 Å². The standard InChI is InChI=1S/C12H15N3O2/c1-3-15(4-2)12-14-10-8(11(13)16)6-5-7-9(10)17-12/h5-7H,3-4H2,1-2H3,(H2,13,16). The second-order valence-corrected chi connectivity index (χ2v) is 3.69. The van der Waals surface area contributed by atoms with Crippen molar-refractivity contribution in [3.63, 3.8) is 0 Å². The van der Waals surface area contributed by atoms with Gasteiger partial charge < -0.3 is 15.1 Å². The SMILES string of the molecule is CCN(CC)c1nc2c(C(N)=O)cccc2o1. The lowest BCUT2D eigenvalue weighted by Crippen LogP contribution is -2.22. The lowest BCUT2D eigenvalue weighted by Gasteiger charge is -2.14. The molecule has 1 amide bonds. The Hall–Kier alpha value is -2.04. The van der Waals surface area contributed by atoms with Crippen molar-refractivity contribution in [2.45, 2.75) is 13.8 Å². The highest BCUT2D eigenvalue weighted by atomic mass is 16.4. The van der Waals surface area contributed by atoms with Crippen LogP contribution in [0.2, 0.25) is 0 Å². The summed E-state index contributed by atoms with van der Waals surface area (Å²) in [4.78, 5) is 17.6. The Morgan fingerprint density at radius 2 is 2.12 bits per heavy atom. The van der Waals surface area contributed by atoms with Gasteiger partial charge in [0.05, 0.1) is 5.56 Å². The average Bonchev–Trinajstić information content (AvgIpc) is 2.73. The number of hydrogen-bond donors (Lipinski definition) is 1. The van der Waals surface area contributed by atoms with Crippen LogP contribution in [0.25, 0.3) is 11.1 Å². The molecule has 2 rings (SSSR count). The van der Waals surface area contributed by atoms with Gasteiger partial charge in [-0.3, -0.25) is 4.79 Å². The summed E-state index contributed by atoms with van der Waals surface area (Å²) in [6, 6.07) is 5.69. The molecule has 1 heterocycles. The van der Waals surface area contributed by atoms with Gasteiger partial charge in [-0.15, -0.1) is 0 Å². The van der Waals surface area contributed by atoms with Gasteiger partial charge in [-0.25, -0.2) is 0 Å². The summed E-state index contributed by atoms with van der Waals surface area (Å²) in [5.74, 6) is -0.491. The second kappa shape index (κ2) is 4.45. The second-order valence-electron chi connectivity index (χ2n) is 3.69. The maximum atomic E-state index is 11.3. The van der Waals surface area contributed by atoms with E-state index in [1.807, 2.05) is 18.7 Å². The van der Waals surface area contributed by atoms with Gasteiger partial charge >= 0.3 is 0 Å². The zero-order valence-corrected chi connectivity index (χ0v) is 9.93. The monoisotopic (exact) mass is 233 g/mol. The molecule has 0 aliphatic heterocycles. The fourth-order valence-electron chi connectivity index (χ4n) is 1.77. The molecule has 0 aliphatic carbocycles. The Bertz CT molecular complexity index is 544. The molecule has 0 bridgehead atoms. The number of amides is 1. The first-order valence-corrected chi connectivity index (χ1v) is 5.61. The number of carbonyl (C=O) groups is 1. The topological polar surface area (TPSA) is 72.4 Å². The highest BCUT2D eigenvalue weighted by molar-refractivity contribution is 6.03. The van der Waals surface area contributed by atoms with Gasteiger partial charge in [0.25, 0.3) is 11.9 Å². The van der Waals surface area contributed by atoms with Gasteiger partial charge in [-0.1, -0.05) is 6.07 Å². The third-order valence-corrected chi connectivity index (χ3v) is 2.71. The van der Waals surface area contributed by atoms with E-state index in [0.29, 0.717) is 22.7 Å². The number of carbonyl (C=O) groups excluding carboxylic acids is 1. The minimum atomic E-state index is -0.491. The van der Waals surface area contributed by atoms with Crippen LogP contribution in [0.15, 0.2) is 22.6 Å². The van der Waals surface area contributed by atoms with Crippen LogP contribution in [0.1, 0.15) is 24.2 Å². The Balaban J connectivity index is 2.57. The molecule has 0 saturated carbocycles. The molecule has 0 spiro atoms. The van der Waals surface area contributed by atoms with Crippen LogP contribution in [-0.2, 0) is 0 Å². The van der Waals surface area contributed by atoms with Crippen LogP contribution in [0.5, 0.6) is 0 Å². The number of rotatable bonds is 4. The molecule has 2 aromatic rings. The van der Waals surface area contributed by atoms with Gasteiger partial charge in [0.2, 0.25) is 0 Å². The van der Waals surface area contributed by atoms with Crippen molar-refractivity contribution in [3.8, 4) is 0 Å². The third kappa shape index (κ3) is 1.95. The van der Waals surface area contributed by atoms with Crippen molar-refractivity contribution in [3.05, 3.63) is 23.8 Å². The van der Waals surface area contributed by atoms with E-state index in [4.69, 9.17) is 10.2 Å². The van der Waals surface area contributed by atoms with E-state index >= 15 is 0 Å². The summed E-state index contributed by atoms with van der Waals surface area (Å²) in [7, 11) is 0. The van der Waals surface area contributed by atoms with Gasteiger partial charge in [0.15, 0.2) is 5.58 Å². The van der Waals surface area contributed by atoms with Crippen molar-refractivity contribution in [1.82, 2.24) is 4.98 Å². The smallest absolute Gasteiger partial charge is 0.298 e. The van der Waals surface area contributed by atoms with Gasteiger partial charge in [0.1, 0.15) is 5.52 Å². The number of fused-ring (bicyclic) bond motifs is 1. The highest BCUT2D eigenvalue weighted by Crippen LogP contribution is 2.24. The summed E-state index contributed by atoms with van der Waals surface area (Å²) < 4.78 is 5.61. The fraction of sp³-hybridized carbons (Fsp3) is 0.333. The van der Waals surface area contributed by atoms with Crippen LogP contribution < -0.4 is 10.6 Å². The van der Waals surface area contributed by atoms with Crippen molar-refractivity contribution >= 4 is 23.0 Å². The van der Waals surface area contributed by atoms with E-state index in [9.17, 15) is 4.79 Å². The molecule has 5 heteroatoms. The van der Waals surface area contributed by atoms with E-state index in [-0.39, 0.29) is 0 Å². The molecule has 0 aliphatic rings. The van der Waals surface area contributed by atoms with Crippen LogP contribution in [0.3, 0.4) is 0 Å². The molecule has 17 heavy (non-hydrogen) atoms. The number of oxazole rings is 1. The number of nitrogens with zero attached hydrogens (tertiary/aromatic N) is 2. The number of aromatic nitrogens is 1. The molecule has 5 nitrogen and oxygen atoms in total. The Morgan fingerprint density at radius 1 is 1.41 bits per heavy atom. The molecule has 0 unspecified atom stereocenters. The Morgan fingerprint density at radius 3 is 2.71 bits per heavy atom. The van der Waals surface area contributed by atoms with E-state index in [1.54, 1.807) is 18.2 Å². The first kappa shape index (κ1) is 11.4. The molecular weight excluding hydrogens is 218 g/mol. The first-order chi connectivity index (χ1) is 8.17. The van der Waals surface area contributed by atoms with Crippen molar-refractivity contribution < 1.29 is 9.21 Å². The normalized spacial score (nSPS) is 10.7. The largest absolute Gasteiger partial charge is 0.423 e. The van der Waals surface area contributed by atoms with Crippen LogP contribution >= 0.6 is 0 Å². The van der Waals surface area contributed by atoms with E-state index in [2.05, 4.69) is 4.98 Å². The predicted octanol–water partition coefficient (Wildman–Crippen LogP) is 1.77. The molecule has 1 aromatic heterocycles. The molecular formula is C12H15N3O2. The summed E-state index contributed by atoms with van der Waals surface area (Å²) in [6.07, 6.45) is 0. The van der Waals surface area contributed by atoms with Gasteiger partial charge in [-0.05, 0) is 26.0 Å². The minimum Gasteiger partial charge on any atom is -0.423 e. The fourth-order valence-corrected chi connectivity index (χ4v) is 1.77. The van der Waals surface area contributed by atoms with Crippen LogP contribution in [-0.4, -0.2) is 24.0 Å². The van der Waals surface area contributed by atoms with E-state index in [1.165, 1.54) is 0 Å². The van der Waals surface area contributed by atoms with Gasteiger partial charge in [0, 0.05) is 13.1 Å². The highest BCUT2D eigenvalue weighted by Gasteiger charge is 2.15. The maximum absolute atomic E-state index is 11.3. The van der Waals surface area contributed by atoms with E-state index in [0.717, 1.165) is 13.1 Å². The zero-order valence-electron chi connectivity index (χ0n) is 9.93. The Labute approximate surface area is 99.2 Å². The van der Waals surface area contributed by atoms with Crippen molar-refractivity contribution in [2.75, 3.05) is 18.0 Å². The lowest BCUT2D eigenvalue weighted by molar-refractivity contribution is 0.100. The maximum Gasteiger partial charge on any atom is 0.298 e. The average molecular weight is 233 g/mol. The van der Waals surface area contributed by atoms with Gasteiger partial charge in [-0.2, -0.15) is 4.98 Å². The molecule has 1 aromatic carbocycles. The minimum absolute atomic E-state index is 0.393. The van der Waals surface area contributed by atoms with Crippen molar-refractivity contribution in [1.29, 1.82) is 0 Å². The molecule has 0 radical (unpaired) electrons. The zero-order chi connectivity index (χ0) is 12.4. The molecule has 0 fully saturated rings. The number of para-hydroxylation sites is 1. The van der Waals surface area contributed by atoms with Crippen LogP contribution in [0, 0.1) is 0 Å². The number of hydrogen-bond acceptors (Lipinski definition) is 4. The molecule has 2 N–H and O–H groups in total. The number of nitrogens with two attached hydrogens (primary N) is 1. The molecule has 0 saturated heterocycles. The quantitative estimate of drug-likeness (QED) is 0.873. The molecule has 90 valence electrons. The summed E-state index contributed by atoms with van der Waals surface area (Å²) in [5, 5.41) is 0. The van der Waals surface area contributed by atoms with E-state index < -0.39 is 5.91 Å². The summed E-state index contributed by atoms with van der Waals surface area (Å²) >= 11 is 0. The first-order valence-electron chi connectivity index (χ1n) is 5.61. The summed E-state index contributed by atoms with van der Waals surface area (Å²) in [5.41, 5.74) is 6.81. The number of primary amides is 1. The Kier molecular flexibility index (Phi) is 2.99. The van der Waals surface area contributed by atoms with Crippen molar-refractivity contribution in [2.24, 2.45) is 5.73 Å². The predicted molar refractivity (Wildman–Crippen MR) is 66.1 cm³/mol. The summed E-state index contributed by atoms with van der Waals surface area (Å²) in [6.45, 7) is 5.64. The lowest BCUT2D eigenvalue weighted by atomic mass is 10.2. The number of anilines is 1.